The van der Waals surface area contributed by atoms with Gasteiger partial charge in [0.05, 0.1) is 11.8 Å². The summed E-state index contributed by atoms with van der Waals surface area (Å²) in [5.74, 6) is 1.42. The van der Waals surface area contributed by atoms with Crippen LogP contribution in [0.15, 0.2) is 11.8 Å². The largest absolute Gasteiger partial charge is 0.481 e. The van der Waals surface area contributed by atoms with E-state index in [1.807, 2.05) is 6.08 Å². The summed E-state index contributed by atoms with van der Waals surface area (Å²) in [6.07, 6.45) is 9.11. The highest BCUT2D eigenvalue weighted by atomic mass is 127. The zero-order chi connectivity index (χ0) is 23.9. The molecule has 0 radical (unpaired) electrons. The van der Waals surface area contributed by atoms with Crippen LogP contribution < -0.4 is 0 Å². The molecule has 6 bridgehead atoms. The standard InChI is InChI=1S/C25H29I3O6/c26-20-11-2-1-10(6-11)19(20)24(31)33-16-5-9-3-13(16)14(4-9)22(28)25(32)34-17-8-12-7-15(17)21(27)18(12)23(29)30/h8-16,18-22H,1-7H2,(H,29,30). The molecule has 6 rings (SSSR count). The van der Waals surface area contributed by atoms with Gasteiger partial charge in [-0.1, -0.05) is 67.8 Å². The predicted octanol–water partition coefficient (Wildman–Crippen LogP) is 5.18. The predicted molar refractivity (Wildman–Crippen MR) is 149 cm³/mol. The summed E-state index contributed by atoms with van der Waals surface area (Å²) in [5, 5.41) is 9.49. The van der Waals surface area contributed by atoms with Gasteiger partial charge < -0.3 is 14.6 Å². The molecule has 0 aromatic rings. The molecule has 186 valence electrons. The van der Waals surface area contributed by atoms with Crippen LogP contribution in [0, 0.1) is 53.3 Å². The molecule has 0 aromatic carbocycles. The first-order chi connectivity index (χ1) is 16.2. The highest BCUT2D eigenvalue weighted by Gasteiger charge is 2.56. The minimum absolute atomic E-state index is 0.00342. The third-order valence-electron chi connectivity index (χ3n) is 9.72. The van der Waals surface area contributed by atoms with Gasteiger partial charge in [-0.15, -0.1) is 0 Å². The monoisotopic (exact) mass is 806 g/mol. The lowest BCUT2D eigenvalue weighted by Gasteiger charge is -2.34. The number of hydrogen-bond acceptors (Lipinski definition) is 5. The van der Waals surface area contributed by atoms with Crippen LogP contribution in [-0.2, 0) is 23.9 Å². The molecule has 1 N–H and O–H groups in total. The third-order valence-corrected chi connectivity index (χ3v) is 14.6. The normalized spacial score (nSPS) is 48.7. The Balaban J connectivity index is 1.08. The van der Waals surface area contributed by atoms with Crippen molar-refractivity contribution in [1.82, 2.24) is 0 Å². The number of carbonyl (C=O) groups is 3. The molecular weight excluding hydrogens is 777 g/mol. The summed E-state index contributed by atoms with van der Waals surface area (Å²) in [6.45, 7) is 0. The fraction of sp³-hybridized carbons (Fsp3) is 0.800. The van der Waals surface area contributed by atoms with Crippen LogP contribution in [0.5, 0.6) is 0 Å². The Morgan fingerprint density at radius 3 is 2.38 bits per heavy atom. The molecule has 9 heteroatoms. The first kappa shape index (κ1) is 24.7. The maximum Gasteiger partial charge on any atom is 0.324 e. The van der Waals surface area contributed by atoms with E-state index in [-0.39, 0.29) is 61.4 Å². The fourth-order valence-corrected chi connectivity index (χ4v) is 12.2. The molecule has 5 saturated carbocycles. The second kappa shape index (κ2) is 9.27. The molecule has 34 heavy (non-hydrogen) atoms. The van der Waals surface area contributed by atoms with Crippen LogP contribution in [0.3, 0.4) is 0 Å². The van der Waals surface area contributed by atoms with Gasteiger partial charge in [0.25, 0.3) is 0 Å². The van der Waals surface area contributed by atoms with Crippen molar-refractivity contribution in [2.45, 2.75) is 62.8 Å². The summed E-state index contributed by atoms with van der Waals surface area (Å²) in [4.78, 5) is 37.8. The molecule has 0 aliphatic heterocycles. The van der Waals surface area contributed by atoms with E-state index < -0.39 is 5.97 Å². The number of carboxylic acid groups (broad SMARTS) is 1. The number of carboxylic acids is 1. The second-order valence-electron chi connectivity index (χ2n) is 11.4. The second-order valence-corrected chi connectivity index (χ2v) is 15.6. The molecule has 6 nitrogen and oxygen atoms in total. The molecule has 0 amide bonds. The fourth-order valence-electron chi connectivity index (χ4n) is 8.19. The van der Waals surface area contributed by atoms with Crippen LogP contribution in [0.25, 0.3) is 0 Å². The first-order valence-corrected chi connectivity index (χ1v) is 16.3. The SMILES string of the molecule is O=C(OC1=CC2CC1C(I)C2C(=O)O)C(I)C1CC2CC(OC(=O)C3C4CCC(C4)C3I)C1C2. The Kier molecular flexibility index (Phi) is 6.72. The van der Waals surface area contributed by atoms with Crippen molar-refractivity contribution >= 4 is 85.7 Å². The minimum Gasteiger partial charge on any atom is -0.481 e. The van der Waals surface area contributed by atoms with Crippen molar-refractivity contribution in [1.29, 1.82) is 0 Å². The first-order valence-electron chi connectivity index (χ1n) is 12.5. The lowest BCUT2D eigenvalue weighted by Crippen LogP contribution is -2.40. The van der Waals surface area contributed by atoms with Gasteiger partial charge in [-0.3, -0.25) is 14.4 Å². The maximum absolute atomic E-state index is 13.1. The summed E-state index contributed by atoms with van der Waals surface area (Å²) in [7, 11) is 0. The molecule has 13 atom stereocenters. The van der Waals surface area contributed by atoms with Gasteiger partial charge in [0, 0.05) is 19.7 Å². The van der Waals surface area contributed by atoms with Crippen LogP contribution in [0.1, 0.15) is 44.9 Å². The van der Waals surface area contributed by atoms with Gasteiger partial charge in [-0.25, -0.2) is 0 Å². The number of ether oxygens (including phenoxy) is 2. The summed E-state index contributed by atoms with van der Waals surface area (Å²) in [5.41, 5.74) is 0. The number of esters is 2. The van der Waals surface area contributed by atoms with E-state index in [0.29, 0.717) is 27.4 Å². The third kappa shape index (κ3) is 3.98. The summed E-state index contributed by atoms with van der Waals surface area (Å²) < 4.78 is 12.1. The number of carbonyl (C=O) groups excluding carboxylic acids is 2. The highest BCUT2D eigenvalue weighted by molar-refractivity contribution is 14.1. The topological polar surface area (TPSA) is 89.9 Å². The van der Waals surface area contributed by atoms with Crippen LogP contribution in [0.2, 0.25) is 0 Å². The number of fused-ring (bicyclic) bond motifs is 6. The Morgan fingerprint density at radius 2 is 1.74 bits per heavy atom. The lowest BCUT2D eigenvalue weighted by molar-refractivity contribution is -0.159. The minimum atomic E-state index is -0.762. The number of rotatable bonds is 6. The average molecular weight is 806 g/mol. The van der Waals surface area contributed by atoms with Crippen LogP contribution in [-0.4, -0.2) is 40.9 Å². The van der Waals surface area contributed by atoms with Gasteiger partial charge >= 0.3 is 17.9 Å². The van der Waals surface area contributed by atoms with Crippen molar-refractivity contribution in [2.24, 2.45) is 53.3 Å². The zero-order valence-corrected chi connectivity index (χ0v) is 25.1. The van der Waals surface area contributed by atoms with Gasteiger partial charge in [-0.05, 0) is 80.6 Å². The molecule has 0 aromatic heterocycles. The molecule has 0 heterocycles. The molecule has 0 saturated heterocycles. The van der Waals surface area contributed by atoms with Gasteiger partial charge in [0.1, 0.15) is 15.8 Å². The van der Waals surface area contributed by atoms with Crippen molar-refractivity contribution in [3.05, 3.63) is 11.8 Å². The van der Waals surface area contributed by atoms with Gasteiger partial charge in [-0.2, -0.15) is 0 Å². The number of alkyl halides is 3. The highest BCUT2D eigenvalue weighted by Crippen LogP contribution is 2.56. The molecule has 13 unspecified atom stereocenters. The Morgan fingerprint density at radius 1 is 0.971 bits per heavy atom. The van der Waals surface area contributed by atoms with E-state index in [1.54, 1.807) is 0 Å². The summed E-state index contributed by atoms with van der Waals surface area (Å²) in [6, 6.07) is 0. The van der Waals surface area contributed by atoms with Crippen molar-refractivity contribution < 1.29 is 29.0 Å². The molecular formula is C25H29I3O6. The van der Waals surface area contributed by atoms with E-state index in [0.717, 1.165) is 32.1 Å². The van der Waals surface area contributed by atoms with Gasteiger partial charge in [0.15, 0.2) is 0 Å². The van der Waals surface area contributed by atoms with E-state index in [9.17, 15) is 19.5 Å². The van der Waals surface area contributed by atoms with E-state index in [1.165, 1.54) is 12.8 Å². The van der Waals surface area contributed by atoms with Crippen molar-refractivity contribution in [2.75, 3.05) is 0 Å². The average Bonchev–Trinajstić information content (AvgIpc) is 3.60. The van der Waals surface area contributed by atoms with Crippen molar-refractivity contribution in [3.63, 3.8) is 0 Å². The number of halogens is 3. The Bertz CT molecular complexity index is 936. The lowest BCUT2D eigenvalue weighted by atomic mass is 9.84. The molecule has 5 fully saturated rings. The van der Waals surface area contributed by atoms with Crippen molar-refractivity contribution in [3.8, 4) is 0 Å². The van der Waals surface area contributed by atoms with E-state index >= 15 is 0 Å². The Labute approximate surface area is 240 Å². The maximum atomic E-state index is 13.1. The molecule has 6 aliphatic rings. The van der Waals surface area contributed by atoms with Crippen LogP contribution >= 0.6 is 67.8 Å². The van der Waals surface area contributed by atoms with Gasteiger partial charge in [0.2, 0.25) is 0 Å². The Hall–Kier alpha value is 0.340. The van der Waals surface area contributed by atoms with E-state index in [2.05, 4.69) is 67.8 Å². The number of hydrogen-bond donors (Lipinski definition) is 1. The number of aliphatic carboxylic acids is 1. The summed E-state index contributed by atoms with van der Waals surface area (Å²) >= 11 is 6.90. The van der Waals surface area contributed by atoms with Crippen LogP contribution in [0.4, 0.5) is 0 Å². The number of allylic oxidation sites excluding steroid dienone is 2. The quantitative estimate of drug-likeness (QED) is 0.227. The molecule has 0 spiro atoms. The van der Waals surface area contributed by atoms with E-state index in [4.69, 9.17) is 9.47 Å². The zero-order valence-electron chi connectivity index (χ0n) is 18.7. The smallest absolute Gasteiger partial charge is 0.324 e. The molecule has 6 aliphatic carbocycles.